The molecule has 5 heteroatoms. The van der Waals surface area contributed by atoms with Gasteiger partial charge in [0, 0.05) is 0 Å². The van der Waals surface area contributed by atoms with Gasteiger partial charge in [-0.3, -0.25) is 0 Å². The molecule has 0 saturated heterocycles. The molecule has 1 rings (SSSR count). The molecule has 0 spiro atoms. The fourth-order valence-electron chi connectivity index (χ4n) is 1.29. The Morgan fingerprint density at radius 2 is 1.22 bits per heavy atom. The molecule has 0 amide bonds. The van der Waals surface area contributed by atoms with Crippen LogP contribution in [0.3, 0.4) is 0 Å². The Morgan fingerprint density at radius 1 is 0.889 bits per heavy atom. The molecule has 1 nitrogen and oxygen atoms in total. The maximum Gasteiger partial charge on any atom is -1.00 e. The molecule has 0 saturated carbocycles. The molecule has 0 atom stereocenters. The van der Waals surface area contributed by atoms with E-state index < -0.39 is 20.7 Å². The first-order valence-electron chi connectivity index (χ1n) is 6.18. The van der Waals surface area contributed by atoms with Crippen LogP contribution in [0.15, 0.2) is 24.3 Å². The Hall–Kier alpha value is 0.951. The molecule has 0 N–H and O–H groups in total. The van der Waals surface area contributed by atoms with Crippen molar-refractivity contribution < 1.29 is 39.4 Å². The maximum absolute atomic E-state index is 2.55. The SMILES string of the molecule is C1=CCC=C1.CN(C)[Si](C)(C)[Ti+2]([CH3])([CH3])([CH3])[CH3].[Cl-].[Cl-]. The van der Waals surface area contributed by atoms with Crippen molar-refractivity contribution in [1.82, 2.24) is 4.57 Å². The zero-order valence-corrected chi connectivity index (χ0v) is 17.3. The summed E-state index contributed by atoms with van der Waals surface area (Å²) < 4.78 is 2.50. The van der Waals surface area contributed by atoms with E-state index in [1.165, 1.54) is 0 Å². The second kappa shape index (κ2) is 8.29. The minimum absolute atomic E-state index is 0. The Labute approximate surface area is 128 Å². The van der Waals surface area contributed by atoms with E-state index in [1.807, 2.05) is 0 Å². The Kier molecular flexibility index (Phi) is 11.0. The van der Waals surface area contributed by atoms with Crippen LogP contribution < -0.4 is 24.8 Å². The van der Waals surface area contributed by atoms with E-state index in [1.54, 1.807) is 0 Å². The van der Waals surface area contributed by atoms with Gasteiger partial charge in [0.15, 0.2) is 0 Å². The minimum Gasteiger partial charge on any atom is -1.00 e. The van der Waals surface area contributed by atoms with E-state index in [2.05, 4.69) is 77.0 Å². The van der Waals surface area contributed by atoms with Gasteiger partial charge in [0.2, 0.25) is 0 Å². The summed E-state index contributed by atoms with van der Waals surface area (Å²) in [6.07, 6.45) is 8.42. The summed E-state index contributed by atoms with van der Waals surface area (Å²) >= 11 is -2.01. The molecule has 0 aromatic rings. The van der Waals surface area contributed by atoms with Gasteiger partial charge in [-0.25, -0.2) is 0 Å². The fraction of sp³-hybridized carbons (Fsp3) is 0.692. The first-order chi connectivity index (χ1) is 6.96. The molecule has 0 heterocycles. The maximum atomic E-state index is 2.55. The molecular formula is C13H30Cl2NSiTi. The molecule has 0 aromatic carbocycles. The van der Waals surface area contributed by atoms with Crippen molar-refractivity contribution in [3.05, 3.63) is 24.3 Å². The van der Waals surface area contributed by atoms with Gasteiger partial charge in [0.1, 0.15) is 0 Å². The van der Waals surface area contributed by atoms with Gasteiger partial charge in [0.25, 0.3) is 0 Å². The van der Waals surface area contributed by atoms with Crippen molar-refractivity contribution in [2.45, 2.75) is 40.4 Å². The Morgan fingerprint density at radius 3 is 1.28 bits per heavy atom. The van der Waals surface area contributed by atoms with Crippen LogP contribution in [0, 0.1) is 0 Å². The van der Waals surface area contributed by atoms with Crippen LogP contribution in [0.5, 0.6) is 0 Å². The predicted octanol–water partition coefficient (Wildman–Crippen LogP) is -1.36. The molecular weight excluding hydrogens is 317 g/mol. The monoisotopic (exact) mass is 346 g/mol. The molecule has 109 valence electrons. The van der Waals surface area contributed by atoms with Crippen molar-refractivity contribution >= 4 is 6.10 Å². The van der Waals surface area contributed by atoms with Gasteiger partial charge >= 0.3 is 73.3 Å². The van der Waals surface area contributed by atoms with Gasteiger partial charge in [-0.15, -0.1) is 0 Å². The van der Waals surface area contributed by atoms with Gasteiger partial charge in [0.05, 0.1) is 0 Å². The molecule has 0 aliphatic heterocycles. The molecule has 1 aliphatic rings. The molecule has 0 radical (unpaired) electrons. The normalized spacial score (nSPS) is 14.6. The zero-order chi connectivity index (χ0) is 13.1. The number of halogens is 2. The first kappa shape index (κ1) is 24.0. The topological polar surface area (TPSA) is 3.24 Å². The fourth-order valence-corrected chi connectivity index (χ4v) is 11.5. The summed E-state index contributed by atoms with van der Waals surface area (Å²) in [5, 5.41) is 10.2. The molecule has 0 aromatic heterocycles. The number of rotatable bonds is 2. The van der Waals surface area contributed by atoms with Crippen LogP contribution in [0.4, 0.5) is 0 Å². The van der Waals surface area contributed by atoms with Crippen LogP contribution in [0.1, 0.15) is 6.42 Å². The minimum atomic E-state index is -2.01. The van der Waals surface area contributed by atoms with Gasteiger partial charge in [-0.05, 0) is 6.42 Å². The second-order valence-corrected chi connectivity index (χ2v) is 38.0. The molecule has 0 unspecified atom stereocenters. The van der Waals surface area contributed by atoms with Crippen LogP contribution in [-0.2, 0) is 14.6 Å². The average Bonchev–Trinajstić information content (AvgIpc) is 2.56. The zero-order valence-electron chi connectivity index (χ0n) is 13.2. The van der Waals surface area contributed by atoms with Crippen molar-refractivity contribution in [2.75, 3.05) is 14.1 Å². The predicted molar refractivity (Wildman–Crippen MR) is 77.5 cm³/mol. The number of allylic oxidation sites excluding steroid dienone is 4. The van der Waals surface area contributed by atoms with E-state index in [0.717, 1.165) is 6.42 Å². The summed E-state index contributed by atoms with van der Waals surface area (Å²) in [6, 6.07) is 0. The Bertz CT molecular complexity index is 272. The van der Waals surface area contributed by atoms with E-state index in [4.69, 9.17) is 0 Å². The summed E-state index contributed by atoms with van der Waals surface area (Å²) in [5.74, 6) is 0. The average molecular weight is 347 g/mol. The first-order valence-corrected chi connectivity index (χ1v) is 17.7. The number of hydrogen-bond donors (Lipinski definition) is 0. The third-order valence-corrected chi connectivity index (χ3v) is 36.4. The van der Waals surface area contributed by atoms with E-state index in [-0.39, 0.29) is 24.8 Å². The largest absolute Gasteiger partial charge is 1.00 e. The van der Waals surface area contributed by atoms with Crippen molar-refractivity contribution in [2.24, 2.45) is 0 Å². The third-order valence-electron chi connectivity index (χ3n) is 4.22. The molecule has 1 aliphatic carbocycles. The van der Waals surface area contributed by atoms with Gasteiger partial charge < -0.3 is 24.8 Å². The van der Waals surface area contributed by atoms with Gasteiger partial charge in [-0.2, -0.15) is 0 Å². The molecule has 0 bridgehead atoms. The summed E-state index contributed by atoms with van der Waals surface area (Å²) in [4.78, 5) is 0. The quantitative estimate of drug-likeness (QED) is 0.558. The van der Waals surface area contributed by atoms with E-state index in [0.29, 0.717) is 0 Å². The van der Waals surface area contributed by atoms with Crippen LogP contribution in [0.2, 0.25) is 34.0 Å². The van der Waals surface area contributed by atoms with E-state index in [9.17, 15) is 0 Å². The van der Waals surface area contributed by atoms with Crippen LogP contribution >= 0.6 is 0 Å². The number of nitrogens with zero attached hydrogens (tertiary/aromatic N) is 1. The molecule has 18 heavy (non-hydrogen) atoms. The molecule has 0 fully saturated rings. The third kappa shape index (κ3) is 7.52. The standard InChI is InChI=1S/C5H6.C4H12NSi.4CH3.2ClH.Ti/c1-2-4-5-3-1;1-5(2)6(3)4;;;;;;;/h1-4H,5H2;1-4H3;4*1H3;2*1H;/q;;;;;;;;+2/p-2. The Balaban J connectivity index is -0.000000272. The second-order valence-electron chi connectivity index (χ2n) is 7.55. The van der Waals surface area contributed by atoms with Crippen molar-refractivity contribution in [3.8, 4) is 0 Å². The summed E-state index contributed by atoms with van der Waals surface area (Å²) in [7, 11) is 4.49. The summed E-state index contributed by atoms with van der Waals surface area (Å²) in [5.41, 5.74) is 0. The van der Waals surface area contributed by atoms with Crippen LogP contribution in [-0.4, -0.2) is 24.8 Å². The van der Waals surface area contributed by atoms with E-state index >= 15 is 0 Å². The van der Waals surface area contributed by atoms with Crippen LogP contribution in [0.25, 0.3) is 0 Å². The summed E-state index contributed by atoms with van der Waals surface area (Å²) in [6.45, 7) is 5.01. The van der Waals surface area contributed by atoms with Crippen molar-refractivity contribution in [1.29, 1.82) is 0 Å². The number of hydrogen-bond acceptors (Lipinski definition) is 1. The van der Waals surface area contributed by atoms with Gasteiger partial charge in [-0.1, -0.05) is 24.3 Å². The van der Waals surface area contributed by atoms with Crippen molar-refractivity contribution in [3.63, 3.8) is 0 Å². The smallest absolute Gasteiger partial charge is 1.00 e.